The number of hydrogen-bond acceptors (Lipinski definition) is 3. The summed E-state index contributed by atoms with van der Waals surface area (Å²) in [4.78, 5) is -2.07. The van der Waals surface area contributed by atoms with E-state index in [9.17, 15) is 21.8 Å². The zero-order valence-corrected chi connectivity index (χ0v) is 23.5. The minimum atomic E-state index is -5.56. The molecule has 0 amide bonds. The number of halogens is 4. The van der Waals surface area contributed by atoms with Gasteiger partial charge in [-0.3, -0.25) is 4.55 Å². The molecule has 4 nitrogen and oxygen atoms in total. The Morgan fingerprint density at radius 2 is 1.36 bits per heavy atom. The summed E-state index contributed by atoms with van der Waals surface area (Å²) >= 11 is 0. The molecule has 0 aromatic heterocycles. The van der Waals surface area contributed by atoms with E-state index in [1.807, 2.05) is 13.8 Å². The summed E-state index contributed by atoms with van der Waals surface area (Å²) in [5, 5.41) is 0. The molecule has 1 N–H and O–H groups in total. The van der Waals surface area contributed by atoms with Crippen molar-refractivity contribution in [3.63, 3.8) is 0 Å². The monoisotopic (exact) mass is 570 g/mol. The van der Waals surface area contributed by atoms with Crippen molar-refractivity contribution in [2.45, 2.75) is 120 Å². The summed E-state index contributed by atoms with van der Waals surface area (Å²) in [5.41, 5.74) is 2.73. The van der Waals surface area contributed by atoms with Gasteiger partial charge in [-0.25, -0.2) is 8.78 Å². The Balaban J connectivity index is 1.95. The summed E-state index contributed by atoms with van der Waals surface area (Å²) in [6, 6.07) is 4.12. The number of rotatable bonds is 9. The third-order valence-electron chi connectivity index (χ3n) is 8.50. The Labute approximate surface area is 228 Å². The normalized spacial score (nSPS) is 18.3. The van der Waals surface area contributed by atoms with Crippen LogP contribution in [0.1, 0.15) is 132 Å². The first-order chi connectivity index (χ1) is 18.6. The summed E-state index contributed by atoms with van der Waals surface area (Å²) < 4.78 is 97.6. The minimum Gasteiger partial charge on any atom is -0.450 e. The molecule has 0 radical (unpaired) electrons. The largest absolute Gasteiger partial charge is 0.450 e. The fourth-order valence-corrected chi connectivity index (χ4v) is 7.08. The van der Waals surface area contributed by atoms with Gasteiger partial charge >= 0.3 is 10.1 Å². The molecule has 216 valence electrons. The smallest absolute Gasteiger partial charge is 0.300 e. The highest BCUT2D eigenvalue weighted by Crippen LogP contribution is 2.48. The van der Waals surface area contributed by atoms with Crippen LogP contribution >= 0.6 is 0 Å². The molecular formula is C30H38F4O4S. The molecular weight excluding hydrogens is 532 g/mol. The first kappa shape index (κ1) is 29.8. The fourth-order valence-electron chi connectivity index (χ4n) is 6.45. The van der Waals surface area contributed by atoms with Gasteiger partial charge in [0.2, 0.25) is 17.4 Å². The van der Waals surface area contributed by atoms with E-state index in [0.717, 1.165) is 88.2 Å². The summed E-state index contributed by atoms with van der Waals surface area (Å²) in [6.45, 7) is 4.08. The van der Waals surface area contributed by atoms with Gasteiger partial charge < -0.3 is 4.74 Å². The highest BCUT2D eigenvalue weighted by molar-refractivity contribution is 7.85. The predicted octanol–water partition coefficient (Wildman–Crippen LogP) is 9.67. The maximum absolute atomic E-state index is 15.1. The van der Waals surface area contributed by atoms with Gasteiger partial charge in [0.25, 0.3) is 0 Å². The highest BCUT2D eigenvalue weighted by Gasteiger charge is 2.35. The summed E-state index contributed by atoms with van der Waals surface area (Å²) in [6.07, 6.45) is 12.8. The third-order valence-corrected chi connectivity index (χ3v) is 9.38. The first-order valence-electron chi connectivity index (χ1n) is 14.3. The van der Waals surface area contributed by atoms with Crippen LogP contribution in [0.2, 0.25) is 0 Å². The lowest BCUT2D eigenvalue weighted by Gasteiger charge is -2.31. The van der Waals surface area contributed by atoms with Gasteiger partial charge in [0.05, 0.1) is 0 Å². The zero-order chi connectivity index (χ0) is 28.3. The maximum Gasteiger partial charge on any atom is 0.300 e. The molecule has 2 saturated carbocycles. The number of ether oxygens (including phenoxy) is 1. The Kier molecular flexibility index (Phi) is 9.63. The summed E-state index contributed by atoms with van der Waals surface area (Å²) in [5.74, 6) is -9.14. The van der Waals surface area contributed by atoms with Crippen LogP contribution in [0.5, 0.6) is 11.5 Å². The van der Waals surface area contributed by atoms with Gasteiger partial charge in [0, 0.05) is 0 Å². The van der Waals surface area contributed by atoms with E-state index in [4.69, 9.17) is 4.74 Å². The standard InChI is InChI=1S/C30H38F4O4S/c1-3-11-18(4-2)22-16-21(19-12-7-5-8-13-19)17-23(20-14-9-6-10-15-20)28(22)38-29-24(31)26(33)30(39(35,36)37)27(34)25(29)32/h16-20H,3-15H2,1-2H3,(H,35,36,37). The van der Waals surface area contributed by atoms with Crippen LogP contribution in [-0.2, 0) is 10.1 Å². The minimum absolute atomic E-state index is 0.00575. The molecule has 2 aliphatic carbocycles. The molecule has 2 aromatic rings. The van der Waals surface area contributed by atoms with Crippen molar-refractivity contribution in [2.24, 2.45) is 0 Å². The Morgan fingerprint density at radius 3 is 1.85 bits per heavy atom. The molecule has 39 heavy (non-hydrogen) atoms. The van der Waals surface area contributed by atoms with Gasteiger partial charge in [-0.1, -0.05) is 70.9 Å². The lowest BCUT2D eigenvalue weighted by molar-refractivity contribution is 0.337. The van der Waals surface area contributed by atoms with Gasteiger partial charge in [-0.15, -0.1) is 0 Å². The van der Waals surface area contributed by atoms with E-state index < -0.39 is 44.0 Å². The second-order valence-electron chi connectivity index (χ2n) is 11.1. The van der Waals surface area contributed by atoms with Crippen LogP contribution in [0.25, 0.3) is 0 Å². The van der Waals surface area contributed by atoms with Crippen molar-refractivity contribution in [3.05, 3.63) is 52.1 Å². The molecule has 4 rings (SSSR count). The lowest BCUT2D eigenvalue weighted by Crippen LogP contribution is -2.15. The van der Waals surface area contributed by atoms with Crippen molar-refractivity contribution in [2.75, 3.05) is 0 Å². The zero-order valence-electron chi connectivity index (χ0n) is 22.7. The molecule has 2 aromatic carbocycles. The van der Waals surface area contributed by atoms with E-state index in [1.54, 1.807) is 0 Å². The molecule has 0 aliphatic heterocycles. The van der Waals surface area contributed by atoms with Crippen molar-refractivity contribution in [3.8, 4) is 11.5 Å². The van der Waals surface area contributed by atoms with Crippen molar-refractivity contribution in [1.82, 2.24) is 0 Å². The van der Waals surface area contributed by atoms with Crippen molar-refractivity contribution >= 4 is 10.1 Å². The Bertz CT molecular complexity index is 1230. The van der Waals surface area contributed by atoms with Gasteiger partial charge in [-0.05, 0) is 73.0 Å². The number of hydrogen-bond donors (Lipinski definition) is 1. The molecule has 0 bridgehead atoms. The van der Waals surface area contributed by atoms with Crippen LogP contribution in [0.4, 0.5) is 17.6 Å². The number of benzene rings is 2. The van der Waals surface area contributed by atoms with Crippen LogP contribution < -0.4 is 4.74 Å². The second-order valence-corrected chi connectivity index (χ2v) is 12.4. The van der Waals surface area contributed by atoms with E-state index >= 15 is 8.78 Å². The fraction of sp³-hybridized carbons (Fsp3) is 0.600. The van der Waals surface area contributed by atoms with E-state index in [2.05, 4.69) is 12.1 Å². The first-order valence-corrected chi connectivity index (χ1v) is 15.7. The molecule has 2 fully saturated rings. The van der Waals surface area contributed by atoms with E-state index in [1.165, 1.54) is 12.0 Å². The van der Waals surface area contributed by atoms with Crippen molar-refractivity contribution in [1.29, 1.82) is 0 Å². The molecule has 9 heteroatoms. The molecule has 0 heterocycles. The van der Waals surface area contributed by atoms with Crippen LogP contribution in [0, 0.1) is 23.3 Å². The van der Waals surface area contributed by atoms with Gasteiger partial charge in [0.1, 0.15) is 5.75 Å². The Hall–Kier alpha value is -2.13. The molecule has 0 saturated heterocycles. The quantitative estimate of drug-likeness (QED) is 0.185. The van der Waals surface area contributed by atoms with Crippen LogP contribution in [0.3, 0.4) is 0 Å². The highest BCUT2D eigenvalue weighted by atomic mass is 32.2. The summed E-state index contributed by atoms with van der Waals surface area (Å²) in [7, 11) is -5.56. The SMILES string of the molecule is CCCC(CC)c1cc(C2CCCCC2)cc(C2CCCCC2)c1Oc1c(F)c(F)c(S(=O)(=O)O)c(F)c1F. The topological polar surface area (TPSA) is 63.6 Å². The van der Waals surface area contributed by atoms with Gasteiger partial charge in [0.15, 0.2) is 16.5 Å². The Morgan fingerprint density at radius 1 is 0.821 bits per heavy atom. The van der Waals surface area contributed by atoms with Crippen LogP contribution in [0.15, 0.2) is 17.0 Å². The van der Waals surface area contributed by atoms with Crippen molar-refractivity contribution < 1.29 is 35.3 Å². The third kappa shape index (κ3) is 6.29. The van der Waals surface area contributed by atoms with E-state index in [-0.39, 0.29) is 17.6 Å². The average molecular weight is 571 g/mol. The molecule has 1 unspecified atom stereocenters. The second kappa shape index (κ2) is 12.6. The van der Waals surface area contributed by atoms with Gasteiger partial charge in [-0.2, -0.15) is 17.2 Å². The predicted molar refractivity (Wildman–Crippen MR) is 142 cm³/mol. The molecule has 0 spiro atoms. The molecule has 2 aliphatic rings. The maximum atomic E-state index is 15.1. The molecule has 1 atom stereocenters. The average Bonchev–Trinajstić information content (AvgIpc) is 2.93. The van der Waals surface area contributed by atoms with Crippen LogP contribution in [-0.4, -0.2) is 13.0 Å². The van der Waals surface area contributed by atoms with E-state index in [0.29, 0.717) is 5.92 Å². The lowest BCUT2D eigenvalue weighted by atomic mass is 9.76.